The van der Waals surface area contributed by atoms with Gasteiger partial charge in [-0.1, -0.05) is 0 Å². The highest BCUT2D eigenvalue weighted by atomic mass is 32.2. The van der Waals surface area contributed by atoms with Crippen molar-refractivity contribution in [1.29, 1.82) is 5.26 Å². The first-order valence-corrected chi connectivity index (χ1v) is 4.63. The summed E-state index contributed by atoms with van der Waals surface area (Å²) in [5, 5.41) is 16.4. The summed E-state index contributed by atoms with van der Waals surface area (Å²) in [6.45, 7) is -0.0286. The molecule has 1 unspecified atom stereocenters. The summed E-state index contributed by atoms with van der Waals surface area (Å²) >= 11 is 0. The van der Waals surface area contributed by atoms with E-state index >= 15 is 0 Å². The lowest BCUT2D eigenvalue weighted by molar-refractivity contribution is 0.321. The summed E-state index contributed by atoms with van der Waals surface area (Å²) in [5.74, 6) is 0.875. The van der Waals surface area contributed by atoms with Gasteiger partial charge in [-0.25, -0.2) is 0 Å². The number of hydrogen-bond donors (Lipinski definition) is 1. The topological polar surface area (TPSA) is 61.1 Å². The molecule has 0 aliphatic rings. The van der Waals surface area contributed by atoms with E-state index in [2.05, 4.69) is 0 Å². The van der Waals surface area contributed by atoms with Gasteiger partial charge >= 0.3 is 0 Å². The largest absolute Gasteiger partial charge is 0.395 e. The van der Waals surface area contributed by atoms with E-state index in [1.807, 2.05) is 6.07 Å². The number of nitrogens with zero attached hydrogens (tertiary/aromatic N) is 1. The Morgan fingerprint density at radius 2 is 2.20 bits per heavy atom. The summed E-state index contributed by atoms with van der Waals surface area (Å²) < 4.78 is 10.8. The average molecular weight is 161 g/mol. The van der Waals surface area contributed by atoms with Gasteiger partial charge in [0.2, 0.25) is 0 Å². The van der Waals surface area contributed by atoms with Crippen molar-refractivity contribution in [3.63, 3.8) is 0 Å². The van der Waals surface area contributed by atoms with Crippen LogP contribution in [0.3, 0.4) is 0 Å². The van der Waals surface area contributed by atoms with Crippen LogP contribution in [-0.2, 0) is 10.8 Å². The van der Waals surface area contributed by atoms with Crippen LogP contribution in [0.1, 0.15) is 12.8 Å². The van der Waals surface area contributed by atoms with E-state index < -0.39 is 10.8 Å². The summed E-state index contributed by atoms with van der Waals surface area (Å²) in [5.41, 5.74) is 0. The summed E-state index contributed by atoms with van der Waals surface area (Å²) in [7, 11) is -0.923. The fraction of sp³-hybridized carbons (Fsp3) is 0.833. The Balaban J connectivity index is 3.15. The van der Waals surface area contributed by atoms with Crippen LogP contribution in [0.4, 0.5) is 0 Å². The van der Waals surface area contributed by atoms with Crippen molar-refractivity contribution in [2.45, 2.75) is 12.8 Å². The molecule has 10 heavy (non-hydrogen) atoms. The normalized spacial score (nSPS) is 12.4. The molecule has 0 saturated carbocycles. The molecule has 0 aliphatic heterocycles. The molecular weight excluding hydrogens is 150 g/mol. The maximum Gasteiger partial charge on any atom is 0.0622 e. The number of aliphatic hydroxyl groups excluding tert-OH is 1. The van der Waals surface area contributed by atoms with Crippen LogP contribution in [-0.4, -0.2) is 27.4 Å². The molecule has 0 aromatic carbocycles. The molecule has 58 valence electrons. The molecule has 0 spiro atoms. The third-order valence-electron chi connectivity index (χ3n) is 0.980. The Bertz CT molecular complexity index is 141. The van der Waals surface area contributed by atoms with Crippen LogP contribution in [0, 0.1) is 11.3 Å². The number of aliphatic hydroxyl groups is 1. The van der Waals surface area contributed by atoms with E-state index in [4.69, 9.17) is 10.4 Å². The van der Waals surface area contributed by atoms with Crippen molar-refractivity contribution in [2.24, 2.45) is 0 Å². The molecule has 4 heteroatoms. The molecule has 0 fully saturated rings. The van der Waals surface area contributed by atoms with Gasteiger partial charge in [0.1, 0.15) is 0 Å². The Morgan fingerprint density at radius 1 is 1.50 bits per heavy atom. The highest BCUT2D eigenvalue weighted by Gasteiger charge is 1.96. The van der Waals surface area contributed by atoms with Gasteiger partial charge in [0.05, 0.1) is 12.7 Å². The molecule has 0 aliphatic carbocycles. The fourth-order valence-corrected chi connectivity index (χ4v) is 1.39. The fourth-order valence-electron chi connectivity index (χ4n) is 0.516. The number of hydrogen-bond acceptors (Lipinski definition) is 3. The predicted molar refractivity (Wildman–Crippen MR) is 39.8 cm³/mol. The summed E-state index contributed by atoms with van der Waals surface area (Å²) in [6.07, 6.45) is 1.13. The van der Waals surface area contributed by atoms with Crippen molar-refractivity contribution in [2.75, 3.05) is 18.1 Å². The quantitative estimate of drug-likeness (QED) is 0.579. The Labute approximate surface area is 63.1 Å². The molecule has 0 rings (SSSR count). The minimum Gasteiger partial charge on any atom is -0.395 e. The molecule has 3 nitrogen and oxygen atoms in total. The lowest BCUT2D eigenvalue weighted by Gasteiger charge is -1.94. The Kier molecular flexibility index (Phi) is 6.45. The van der Waals surface area contributed by atoms with Crippen LogP contribution in [0.2, 0.25) is 0 Å². The highest BCUT2D eigenvalue weighted by Crippen LogP contribution is 1.90. The van der Waals surface area contributed by atoms with E-state index in [0.717, 1.165) is 0 Å². The van der Waals surface area contributed by atoms with E-state index in [9.17, 15) is 4.21 Å². The molecule has 0 saturated heterocycles. The monoisotopic (exact) mass is 161 g/mol. The lowest BCUT2D eigenvalue weighted by Crippen LogP contribution is -2.05. The zero-order chi connectivity index (χ0) is 7.82. The van der Waals surface area contributed by atoms with E-state index in [0.29, 0.717) is 24.3 Å². The SMILES string of the molecule is N#CCCCS(=O)CCO. The van der Waals surface area contributed by atoms with Crippen molar-refractivity contribution < 1.29 is 9.32 Å². The summed E-state index contributed by atoms with van der Waals surface area (Å²) in [6, 6.07) is 1.97. The van der Waals surface area contributed by atoms with E-state index in [-0.39, 0.29) is 6.61 Å². The van der Waals surface area contributed by atoms with E-state index in [1.165, 1.54) is 0 Å². The molecular formula is C6H11NO2S. The minimum atomic E-state index is -0.923. The molecule has 0 aromatic rings. The zero-order valence-corrected chi connectivity index (χ0v) is 6.56. The van der Waals surface area contributed by atoms with Gasteiger partial charge in [-0.3, -0.25) is 4.21 Å². The first kappa shape index (κ1) is 9.60. The van der Waals surface area contributed by atoms with Gasteiger partial charge in [0.15, 0.2) is 0 Å². The predicted octanol–water partition coefficient (Wildman–Crippen LogP) is 0.0312. The van der Waals surface area contributed by atoms with Crippen molar-refractivity contribution in [3.05, 3.63) is 0 Å². The Morgan fingerprint density at radius 3 is 2.70 bits per heavy atom. The lowest BCUT2D eigenvalue weighted by atomic mass is 10.4. The van der Waals surface area contributed by atoms with Gasteiger partial charge < -0.3 is 5.11 Å². The Hall–Kier alpha value is -0.400. The van der Waals surface area contributed by atoms with E-state index in [1.54, 1.807) is 0 Å². The molecule has 0 amide bonds. The molecule has 1 atom stereocenters. The van der Waals surface area contributed by atoms with Gasteiger partial charge in [0.25, 0.3) is 0 Å². The third kappa shape index (κ3) is 5.73. The van der Waals surface area contributed by atoms with Crippen molar-refractivity contribution in [1.82, 2.24) is 0 Å². The van der Waals surface area contributed by atoms with Crippen LogP contribution in [0.5, 0.6) is 0 Å². The van der Waals surface area contributed by atoms with Gasteiger partial charge in [0, 0.05) is 28.7 Å². The second-order valence-corrected chi connectivity index (χ2v) is 3.53. The maximum atomic E-state index is 10.8. The number of rotatable bonds is 5. The van der Waals surface area contributed by atoms with Gasteiger partial charge in [-0.2, -0.15) is 5.26 Å². The van der Waals surface area contributed by atoms with Crippen molar-refractivity contribution in [3.8, 4) is 6.07 Å². The van der Waals surface area contributed by atoms with Crippen LogP contribution >= 0.6 is 0 Å². The number of nitriles is 1. The second kappa shape index (κ2) is 6.72. The van der Waals surface area contributed by atoms with Gasteiger partial charge in [-0.05, 0) is 6.42 Å². The van der Waals surface area contributed by atoms with Gasteiger partial charge in [-0.15, -0.1) is 0 Å². The second-order valence-electron chi connectivity index (χ2n) is 1.83. The van der Waals surface area contributed by atoms with Crippen LogP contribution in [0.15, 0.2) is 0 Å². The first-order valence-electron chi connectivity index (χ1n) is 3.14. The van der Waals surface area contributed by atoms with Crippen LogP contribution < -0.4 is 0 Å². The summed E-state index contributed by atoms with van der Waals surface area (Å²) in [4.78, 5) is 0. The van der Waals surface area contributed by atoms with Crippen molar-refractivity contribution >= 4 is 10.8 Å². The first-order chi connectivity index (χ1) is 4.81. The average Bonchev–Trinajstić information content (AvgIpc) is 1.89. The third-order valence-corrected chi connectivity index (χ3v) is 2.36. The highest BCUT2D eigenvalue weighted by molar-refractivity contribution is 7.84. The molecule has 1 N–H and O–H groups in total. The molecule has 0 heterocycles. The molecule has 0 radical (unpaired) electrons. The molecule has 0 bridgehead atoms. The smallest absolute Gasteiger partial charge is 0.0622 e. The standard InChI is InChI=1S/C6H11NO2S/c7-3-1-2-5-10(9)6-4-8/h8H,1-2,4-6H2. The maximum absolute atomic E-state index is 10.8. The number of unbranched alkanes of at least 4 members (excludes halogenated alkanes) is 1. The van der Waals surface area contributed by atoms with Crippen LogP contribution in [0.25, 0.3) is 0 Å². The zero-order valence-electron chi connectivity index (χ0n) is 5.75. The molecule has 0 aromatic heterocycles. The minimum absolute atomic E-state index is 0.0286.